The number of ether oxygens (including phenoxy) is 3. The van der Waals surface area contributed by atoms with Crippen molar-refractivity contribution in [2.45, 2.75) is 18.9 Å². The number of hydrogen-bond donors (Lipinski definition) is 1. The lowest BCUT2D eigenvalue weighted by atomic mass is 9.82. The molecule has 9 heteroatoms. The van der Waals surface area contributed by atoms with Gasteiger partial charge in [0.05, 0.1) is 17.9 Å². The number of Topliss-reactive ketones (excluding diaryl/α,β-unsaturated/α-hetero) is 1. The largest absolute Gasteiger partial charge is 0.507 e. The van der Waals surface area contributed by atoms with Gasteiger partial charge < -0.3 is 29.1 Å². The molecule has 1 fully saturated rings. The number of para-hydroxylation sites is 1. The number of nitrogens with zero attached hydrogens (tertiary/aromatic N) is 2. The second-order valence-electron chi connectivity index (χ2n) is 8.55. The van der Waals surface area contributed by atoms with Gasteiger partial charge >= 0.3 is 0 Å². The number of hydrogen-bond acceptors (Lipinski definition) is 7. The van der Waals surface area contributed by atoms with Crippen LogP contribution in [0.25, 0.3) is 5.76 Å². The molecule has 35 heavy (non-hydrogen) atoms. The Labute approximate surface area is 202 Å². The summed E-state index contributed by atoms with van der Waals surface area (Å²) in [6, 6.07) is 11.8. The minimum absolute atomic E-state index is 0.000961. The lowest BCUT2D eigenvalue weighted by Gasteiger charge is -2.34. The molecule has 5 rings (SSSR count). The van der Waals surface area contributed by atoms with Gasteiger partial charge in [-0.1, -0.05) is 25.1 Å². The Morgan fingerprint density at radius 3 is 2.54 bits per heavy atom. The monoisotopic (exact) mass is 478 g/mol. The second kappa shape index (κ2) is 8.74. The molecule has 0 aromatic heterocycles. The van der Waals surface area contributed by atoms with Crippen LogP contribution in [0, 0.1) is 0 Å². The third-order valence-electron chi connectivity index (χ3n) is 6.59. The Morgan fingerprint density at radius 1 is 1.06 bits per heavy atom. The van der Waals surface area contributed by atoms with Gasteiger partial charge in [-0.3, -0.25) is 14.4 Å². The average Bonchev–Trinajstić information content (AvgIpc) is 3.25. The molecule has 2 amide bonds. The second-order valence-corrected chi connectivity index (χ2v) is 8.55. The number of fused-ring (bicyclic) bond motifs is 3. The summed E-state index contributed by atoms with van der Waals surface area (Å²) in [5.74, 6) is -1.75. The fourth-order valence-corrected chi connectivity index (χ4v) is 5.13. The van der Waals surface area contributed by atoms with E-state index in [1.807, 2.05) is 6.92 Å². The highest BCUT2D eigenvalue weighted by Crippen LogP contribution is 2.53. The van der Waals surface area contributed by atoms with E-state index in [1.54, 1.807) is 47.4 Å². The molecule has 9 nitrogen and oxygen atoms in total. The van der Waals surface area contributed by atoms with Crippen LogP contribution in [-0.2, 0) is 24.7 Å². The maximum atomic E-state index is 14.2. The van der Waals surface area contributed by atoms with Gasteiger partial charge in [0, 0.05) is 31.3 Å². The fraction of sp³-hybridized carbons (Fsp3) is 0.346. The molecular weight excluding hydrogens is 452 g/mol. The van der Waals surface area contributed by atoms with E-state index in [0.717, 1.165) is 0 Å². The molecule has 182 valence electrons. The van der Waals surface area contributed by atoms with E-state index in [4.69, 9.17) is 14.2 Å². The van der Waals surface area contributed by atoms with Crippen molar-refractivity contribution in [1.29, 1.82) is 0 Å². The van der Waals surface area contributed by atoms with Gasteiger partial charge in [-0.2, -0.15) is 0 Å². The summed E-state index contributed by atoms with van der Waals surface area (Å²) < 4.78 is 16.4. The third-order valence-corrected chi connectivity index (χ3v) is 6.59. The van der Waals surface area contributed by atoms with Gasteiger partial charge in [0.2, 0.25) is 0 Å². The van der Waals surface area contributed by atoms with Crippen molar-refractivity contribution in [3.8, 4) is 11.5 Å². The zero-order valence-corrected chi connectivity index (χ0v) is 19.6. The van der Waals surface area contributed by atoms with E-state index in [0.29, 0.717) is 48.9 Å². The van der Waals surface area contributed by atoms with E-state index < -0.39 is 28.9 Å². The molecule has 0 unspecified atom stereocenters. The molecular formula is C26H26N2O7. The number of carbonyl (C=O) groups is 3. The van der Waals surface area contributed by atoms with Crippen molar-refractivity contribution >= 4 is 29.0 Å². The summed E-state index contributed by atoms with van der Waals surface area (Å²) in [7, 11) is 1.48. The minimum Gasteiger partial charge on any atom is -0.507 e. The van der Waals surface area contributed by atoms with Gasteiger partial charge in [-0.05, 0) is 30.7 Å². The highest BCUT2D eigenvalue weighted by molar-refractivity contribution is 6.50. The summed E-state index contributed by atoms with van der Waals surface area (Å²) in [4.78, 5) is 43.8. The molecule has 0 aliphatic carbocycles. The van der Waals surface area contributed by atoms with Crippen molar-refractivity contribution in [3.63, 3.8) is 0 Å². The molecule has 0 saturated carbocycles. The van der Waals surface area contributed by atoms with Crippen LogP contribution in [-0.4, -0.2) is 67.6 Å². The lowest BCUT2D eigenvalue weighted by molar-refractivity contribution is -0.144. The van der Waals surface area contributed by atoms with Crippen molar-refractivity contribution in [2.75, 3.05) is 44.9 Å². The number of anilines is 1. The standard InChI is InChI=1S/C26H26N2O7/c1-3-10-27-18-7-5-4-6-17(18)26(25(27)32)21(23(30)24(31)28(26)11-12-33-2)22(29)16-8-9-19-20(15-16)35-14-13-34-19/h4-9,15,29H,3,10-14H2,1-2H3/b22-21-/t26-/m1/s1. The average molecular weight is 479 g/mol. The van der Waals surface area contributed by atoms with E-state index in [9.17, 15) is 19.5 Å². The SMILES string of the molecule is CCCN1C(=O)[C@]2(/C(=C(\O)c3ccc4c(c3)OCCO4)C(=O)C(=O)N2CCOC)c2ccccc21. The summed E-state index contributed by atoms with van der Waals surface area (Å²) >= 11 is 0. The number of likely N-dealkylation sites (tertiary alicyclic amines) is 1. The summed E-state index contributed by atoms with van der Waals surface area (Å²) in [5, 5.41) is 11.5. The van der Waals surface area contributed by atoms with Gasteiger partial charge in [-0.15, -0.1) is 0 Å². The first-order valence-electron chi connectivity index (χ1n) is 11.6. The van der Waals surface area contributed by atoms with Crippen LogP contribution in [0.5, 0.6) is 11.5 Å². The summed E-state index contributed by atoms with van der Waals surface area (Å²) in [5.41, 5.74) is -0.719. The zero-order chi connectivity index (χ0) is 24.7. The first kappa shape index (κ1) is 22.9. The van der Waals surface area contributed by atoms with E-state index in [2.05, 4.69) is 0 Å². The summed E-state index contributed by atoms with van der Waals surface area (Å²) in [6.07, 6.45) is 0.670. The topological polar surface area (TPSA) is 106 Å². The molecule has 2 aromatic carbocycles. The van der Waals surface area contributed by atoms with Crippen LogP contribution < -0.4 is 14.4 Å². The number of amides is 2. The molecule has 0 radical (unpaired) electrons. The molecule has 0 bridgehead atoms. The quantitative estimate of drug-likeness (QED) is 0.386. The van der Waals surface area contributed by atoms with Gasteiger partial charge in [0.25, 0.3) is 17.6 Å². The molecule has 3 aliphatic heterocycles. The first-order valence-corrected chi connectivity index (χ1v) is 11.6. The van der Waals surface area contributed by atoms with Crippen molar-refractivity contribution < 1.29 is 33.7 Å². The summed E-state index contributed by atoms with van der Waals surface area (Å²) in [6.45, 7) is 3.20. The normalized spacial score (nSPS) is 22.3. The van der Waals surface area contributed by atoms with Crippen LogP contribution in [0.2, 0.25) is 0 Å². The number of aliphatic hydroxyl groups is 1. The maximum Gasteiger partial charge on any atom is 0.296 e. The smallest absolute Gasteiger partial charge is 0.296 e. The molecule has 1 atom stereocenters. The van der Waals surface area contributed by atoms with Crippen LogP contribution >= 0.6 is 0 Å². The molecule has 3 heterocycles. The molecule has 2 aromatic rings. The molecule has 3 aliphatic rings. The maximum absolute atomic E-state index is 14.2. The number of methoxy groups -OCH3 is 1. The van der Waals surface area contributed by atoms with Gasteiger partial charge in [-0.25, -0.2) is 0 Å². The van der Waals surface area contributed by atoms with Gasteiger partial charge in [0.1, 0.15) is 19.0 Å². The van der Waals surface area contributed by atoms with Crippen LogP contribution in [0.15, 0.2) is 48.0 Å². The van der Waals surface area contributed by atoms with Crippen LogP contribution in [0.3, 0.4) is 0 Å². The molecule has 1 spiro atoms. The predicted molar refractivity (Wildman–Crippen MR) is 126 cm³/mol. The Balaban J connectivity index is 1.78. The first-order chi connectivity index (χ1) is 17.0. The Bertz CT molecular complexity index is 1250. The Morgan fingerprint density at radius 2 is 1.80 bits per heavy atom. The third kappa shape index (κ3) is 3.22. The number of rotatable bonds is 6. The minimum atomic E-state index is -1.80. The highest BCUT2D eigenvalue weighted by Gasteiger charge is 2.66. The van der Waals surface area contributed by atoms with Gasteiger partial charge in [0.15, 0.2) is 17.0 Å². The molecule has 1 saturated heterocycles. The number of ketones is 1. The van der Waals surface area contributed by atoms with Crippen molar-refractivity contribution in [3.05, 3.63) is 59.2 Å². The van der Waals surface area contributed by atoms with Crippen LogP contribution in [0.1, 0.15) is 24.5 Å². The van der Waals surface area contributed by atoms with E-state index in [1.165, 1.54) is 12.0 Å². The van der Waals surface area contributed by atoms with Crippen LogP contribution in [0.4, 0.5) is 5.69 Å². The zero-order valence-electron chi connectivity index (χ0n) is 19.6. The van der Waals surface area contributed by atoms with E-state index >= 15 is 0 Å². The van der Waals surface area contributed by atoms with Crippen molar-refractivity contribution in [2.24, 2.45) is 0 Å². The number of aliphatic hydroxyl groups excluding tert-OH is 1. The van der Waals surface area contributed by atoms with E-state index in [-0.39, 0.29) is 24.3 Å². The molecule has 1 N–H and O–H groups in total. The lowest BCUT2D eigenvalue weighted by Crippen LogP contribution is -2.52. The Kier molecular flexibility index (Phi) is 5.72. The fourth-order valence-electron chi connectivity index (χ4n) is 5.13. The Hall–Kier alpha value is -3.85. The number of carbonyl (C=O) groups excluding carboxylic acids is 3. The van der Waals surface area contributed by atoms with Crippen molar-refractivity contribution in [1.82, 2.24) is 4.90 Å². The predicted octanol–water partition coefficient (Wildman–Crippen LogP) is 2.44. The highest BCUT2D eigenvalue weighted by atomic mass is 16.6. The number of benzene rings is 2.